The average molecular weight is 362 g/mol. The number of primary amides is 1. The van der Waals surface area contributed by atoms with Gasteiger partial charge in [-0.2, -0.15) is 5.10 Å². The van der Waals surface area contributed by atoms with E-state index in [0.29, 0.717) is 5.71 Å². The number of carbonyl (C=O) groups is 1. The van der Waals surface area contributed by atoms with Gasteiger partial charge in [-0.15, -0.1) is 0 Å². The predicted molar refractivity (Wildman–Crippen MR) is 109 cm³/mol. The van der Waals surface area contributed by atoms with Gasteiger partial charge in [0.2, 0.25) is 0 Å². The summed E-state index contributed by atoms with van der Waals surface area (Å²) in [4.78, 5) is 10.7. The fraction of sp³-hybridized carbons (Fsp3) is 0.619. The summed E-state index contributed by atoms with van der Waals surface area (Å²) in [5.74, 6) is 0.861. The summed E-state index contributed by atoms with van der Waals surface area (Å²) in [6.07, 6.45) is 13.2. The topological polar surface area (TPSA) is 76.7 Å². The lowest BCUT2D eigenvalue weighted by Crippen LogP contribution is -2.25. The summed E-state index contributed by atoms with van der Waals surface area (Å²) in [6.45, 7) is 4.83. The highest BCUT2D eigenvalue weighted by molar-refractivity contribution is 5.99. The molecular weight excluding hydrogens is 326 g/mol. The molecule has 0 atom stereocenters. The zero-order valence-corrected chi connectivity index (χ0v) is 16.4. The molecule has 0 aliphatic heterocycles. The lowest BCUT2D eigenvalue weighted by Gasteiger charge is -2.07. The first-order chi connectivity index (χ1) is 12.6. The molecule has 0 heterocycles. The van der Waals surface area contributed by atoms with Gasteiger partial charge in [-0.3, -0.25) is 0 Å². The molecule has 1 aromatic carbocycles. The lowest BCUT2D eigenvalue weighted by atomic mass is 10.1. The van der Waals surface area contributed by atoms with Crippen LogP contribution in [0.1, 0.15) is 83.6 Å². The van der Waals surface area contributed by atoms with Crippen LogP contribution in [-0.2, 0) is 0 Å². The molecular formula is C21H35N3O2. The predicted octanol–water partition coefficient (Wildman–Crippen LogP) is 5.38. The summed E-state index contributed by atoms with van der Waals surface area (Å²) >= 11 is 0. The van der Waals surface area contributed by atoms with Crippen LogP contribution in [0, 0.1) is 0 Å². The Balaban J connectivity index is 2.09. The number of hydrazone groups is 1. The molecule has 5 heteroatoms. The Bertz CT molecular complexity index is 527. The molecule has 0 saturated heterocycles. The van der Waals surface area contributed by atoms with Gasteiger partial charge in [0.15, 0.2) is 0 Å². The Morgan fingerprint density at radius 1 is 0.962 bits per heavy atom. The Kier molecular flexibility index (Phi) is 12.0. The molecule has 1 aromatic rings. The van der Waals surface area contributed by atoms with Crippen LogP contribution < -0.4 is 15.9 Å². The molecule has 0 unspecified atom stereocenters. The second kappa shape index (κ2) is 14.2. The third-order valence-corrected chi connectivity index (χ3v) is 4.37. The number of amides is 2. The maximum Gasteiger partial charge on any atom is 0.332 e. The summed E-state index contributed by atoms with van der Waals surface area (Å²) in [5.41, 5.74) is 8.85. The van der Waals surface area contributed by atoms with Gasteiger partial charge in [0.05, 0.1) is 12.3 Å². The Labute approximate surface area is 158 Å². The van der Waals surface area contributed by atoms with E-state index in [1.165, 1.54) is 57.8 Å². The van der Waals surface area contributed by atoms with E-state index in [0.717, 1.165) is 24.3 Å². The average Bonchev–Trinajstić information content (AvgIpc) is 2.64. The smallest absolute Gasteiger partial charge is 0.332 e. The number of carbonyl (C=O) groups excluding carboxylic acids is 1. The van der Waals surface area contributed by atoms with Crippen LogP contribution in [0.3, 0.4) is 0 Å². The van der Waals surface area contributed by atoms with Crippen molar-refractivity contribution in [2.75, 3.05) is 6.61 Å². The van der Waals surface area contributed by atoms with Gasteiger partial charge in [-0.1, -0.05) is 64.7 Å². The van der Waals surface area contributed by atoms with E-state index in [9.17, 15) is 4.79 Å². The quantitative estimate of drug-likeness (QED) is 0.265. The van der Waals surface area contributed by atoms with Crippen LogP contribution in [0.15, 0.2) is 29.4 Å². The molecule has 1 rings (SSSR count). The second-order valence-electron chi connectivity index (χ2n) is 6.73. The minimum absolute atomic E-state index is 0.666. The molecule has 0 saturated carbocycles. The van der Waals surface area contributed by atoms with Gasteiger partial charge >= 0.3 is 6.03 Å². The maximum atomic E-state index is 10.7. The fourth-order valence-corrected chi connectivity index (χ4v) is 2.78. The lowest BCUT2D eigenvalue weighted by molar-refractivity contribution is 0.249. The molecule has 0 aromatic heterocycles. The zero-order chi connectivity index (χ0) is 19.0. The second-order valence-corrected chi connectivity index (χ2v) is 6.73. The number of nitrogens with two attached hydrogens (primary N) is 1. The van der Waals surface area contributed by atoms with Crippen LogP contribution in [-0.4, -0.2) is 18.3 Å². The third kappa shape index (κ3) is 10.7. The number of unbranched alkanes of at least 4 members (excludes halogenated alkanes) is 9. The first kappa shape index (κ1) is 22.0. The number of hydrogen-bond donors (Lipinski definition) is 2. The largest absolute Gasteiger partial charge is 0.494 e. The van der Waals surface area contributed by atoms with E-state index in [1.807, 2.05) is 31.2 Å². The standard InChI is InChI=1S/C21H35N3O2/c1-3-4-5-6-7-8-9-10-11-12-17-26-20-15-13-19(14-16-20)18(2)23-24-21(22)25/h13-16H,3-12,17H2,1-2H3,(H3,22,24,25)/b23-18+. The van der Waals surface area contributed by atoms with Crippen molar-refractivity contribution in [3.05, 3.63) is 29.8 Å². The van der Waals surface area contributed by atoms with Crippen LogP contribution in [0.5, 0.6) is 5.75 Å². The minimum Gasteiger partial charge on any atom is -0.494 e. The van der Waals surface area contributed by atoms with Crippen molar-refractivity contribution >= 4 is 11.7 Å². The highest BCUT2D eigenvalue weighted by Gasteiger charge is 2.00. The monoisotopic (exact) mass is 361 g/mol. The van der Waals surface area contributed by atoms with Gasteiger partial charge < -0.3 is 10.5 Å². The van der Waals surface area contributed by atoms with E-state index in [2.05, 4.69) is 17.5 Å². The van der Waals surface area contributed by atoms with Crippen molar-refractivity contribution in [1.29, 1.82) is 0 Å². The molecule has 0 spiro atoms. The zero-order valence-electron chi connectivity index (χ0n) is 16.4. The number of ether oxygens (including phenoxy) is 1. The van der Waals surface area contributed by atoms with E-state index in [4.69, 9.17) is 10.5 Å². The molecule has 26 heavy (non-hydrogen) atoms. The molecule has 0 aliphatic rings. The molecule has 5 nitrogen and oxygen atoms in total. The molecule has 146 valence electrons. The summed E-state index contributed by atoms with van der Waals surface area (Å²) in [6, 6.07) is 7.04. The van der Waals surface area contributed by atoms with E-state index in [1.54, 1.807) is 0 Å². The van der Waals surface area contributed by atoms with E-state index >= 15 is 0 Å². The molecule has 0 radical (unpaired) electrons. The van der Waals surface area contributed by atoms with Gasteiger partial charge in [0.1, 0.15) is 5.75 Å². The van der Waals surface area contributed by atoms with E-state index in [-0.39, 0.29) is 0 Å². The number of urea groups is 1. The highest BCUT2D eigenvalue weighted by Crippen LogP contribution is 2.14. The fourth-order valence-electron chi connectivity index (χ4n) is 2.78. The van der Waals surface area contributed by atoms with Crippen molar-refractivity contribution in [3.8, 4) is 5.75 Å². The Morgan fingerprint density at radius 2 is 1.50 bits per heavy atom. The van der Waals surface area contributed by atoms with Crippen LogP contribution in [0.25, 0.3) is 0 Å². The van der Waals surface area contributed by atoms with Gasteiger partial charge in [0.25, 0.3) is 0 Å². The highest BCUT2D eigenvalue weighted by atomic mass is 16.5. The van der Waals surface area contributed by atoms with Gasteiger partial charge in [0, 0.05) is 0 Å². The van der Waals surface area contributed by atoms with Crippen molar-refractivity contribution in [2.24, 2.45) is 10.8 Å². The van der Waals surface area contributed by atoms with E-state index < -0.39 is 6.03 Å². The summed E-state index contributed by atoms with van der Waals surface area (Å²) < 4.78 is 5.78. The van der Waals surface area contributed by atoms with Crippen molar-refractivity contribution in [1.82, 2.24) is 5.43 Å². The van der Waals surface area contributed by atoms with Crippen molar-refractivity contribution < 1.29 is 9.53 Å². The Morgan fingerprint density at radius 3 is 2.04 bits per heavy atom. The number of rotatable bonds is 14. The SMILES string of the molecule is CCCCCCCCCCCCOc1ccc(/C(C)=N/NC(N)=O)cc1. The van der Waals surface area contributed by atoms with Gasteiger partial charge in [-0.05, 0) is 43.2 Å². The number of nitrogens with zero attached hydrogens (tertiary/aromatic N) is 1. The number of benzene rings is 1. The number of hydrogen-bond acceptors (Lipinski definition) is 3. The molecule has 3 N–H and O–H groups in total. The Hall–Kier alpha value is -2.04. The van der Waals surface area contributed by atoms with Crippen LogP contribution in [0.4, 0.5) is 4.79 Å². The first-order valence-electron chi connectivity index (χ1n) is 9.96. The van der Waals surface area contributed by atoms with Crippen LogP contribution in [0.2, 0.25) is 0 Å². The minimum atomic E-state index is -0.666. The van der Waals surface area contributed by atoms with Gasteiger partial charge in [-0.25, -0.2) is 10.2 Å². The molecule has 0 bridgehead atoms. The van der Waals surface area contributed by atoms with Crippen LogP contribution >= 0.6 is 0 Å². The van der Waals surface area contributed by atoms with Crippen molar-refractivity contribution in [2.45, 2.75) is 78.1 Å². The normalized spacial score (nSPS) is 11.4. The summed E-state index contributed by atoms with van der Waals surface area (Å²) in [7, 11) is 0. The first-order valence-corrected chi connectivity index (χ1v) is 9.96. The molecule has 0 aliphatic carbocycles. The third-order valence-electron chi connectivity index (χ3n) is 4.37. The van der Waals surface area contributed by atoms with Crippen molar-refractivity contribution in [3.63, 3.8) is 0 Å². The number of nitrogens with one attached hydrogen (secondary N) is 1. The molecule has 0 fully saturated rings. The maximum absolute atomic E-state index is 10.7. The summed E-state index contributed by atoms with van der Waals surface area (Å²) in [5, 5.41) is 3.91. The molecule has 2 amide bonds.